The largest absolute Gasteiger partial charge is 0.340 e. The third-order valence-corrected chi connectivity index (χ3v) is 3.73. The summed E-state index contributed by atoms with van der Waals surface area (Å²) in [6, 6.07) is 1.95. The summed E-state index contributed by atoms with van der Waals surface area (Å²) < 4.78 is 0. The Balaban J connectivity index is 1.75. The number of nitrogens with zero attached hydrogens (tertiary/aromatic N) is 4. The molecule has 4 heteroatoms. The van der Waals surface area contributed by atoms with E-state index in [1.54, 1.807) is 0 Å². The molecule has 0 aliphatic carbocycles. The molecule has 2 atom stereocenters. The molecule has 0 spiro atoms. The fourth-order valence-electron chi connectivity index (χ4n) is 2.98. The second-order valence-corrected chi connectivity index (χ2v) is 5.14. The van der Waals surface area contributed by atoms with E-state index >= 15 is 0 Å². The van der Waals surface area contributed by atoms with E-state index in [1.807, 2.05) is 19.2 Å². The van der Waals surface area contributed by atoms with Crippen LogP contribution in [0.4, 0.5) is 5.95 Å². The van der Waals surface area contributed by atoms with Crippen molar-refractivity contribution < 1.29 is 0 Å². The Morgan fingerprint density at radius 1 is 1.19 bits per heavy atom. The van der Waals surface area contributed by atoms with Gasteiger partial charge in [0.2, 0.25) is 5.95 Å². The maximum atomic E-state index is 4.50. The van der Waals surface area contributed by atoms with Gasteiger partial charge in [0, 0.05) is 38.1 Å². The SMILES string of the molecule is Cc1ccnc(N2CC3CN(C)CC3C2)n1. The van der Waals surface area contributed by atoms with Crippen molar-refractivity contribution in [2.45, 2.75) is 6.92 Å². The quantitative estimate of drug-likeness (QED) is 0.697. The van der Waals surface area contributed by atoms with Crippen molar-refractivity contribution in [1.29, 1.82) is 0 Å². The zero-order valence-electron chi connectivity index (χ0n) is 9.93. The molecule has 1 aromatic heterocycles. The summed E-state index contributed by atoms with van der Waals surface area (Å²) in [4.78, 5) is 13.6. The number of hydrogen-bond acceptors (Lipinski definition) is 4. The van der Waals surface area contributed by atoms with Gasteiger partial charge in [0.1, 0.15) is 0 Å². The van der Waals surface area contributed by atoms with Gasteiger partial charge in [-0.05, 0) is 31.9 Å². The number of hydrogen-bond donors (Lipinski definition) is 0. The Morgan fingerprint density at radius 3 is 2.50 bits per heavy atom. The molecule has 3 rings (SSSR count). The summed E-state index contributed by atoms with van der Waals surface area (Å²) in [7, 11) is 2.21. The summed E-state index contributed by atoms with van der Waals surface area (Å²) in [6.45, 7) is 6.73. The van der Waals surface area contributed by atoms with Crippen molar-refractivity contribution in [2.24, 2.45) is 11.8 Å². The maximum Gasteiger partial charge on any atom is 0.225 e. The van der Waals surface area contributed by atoms with Gasteiger partial charge >= 0.3 is 0 Å². The lowest BCUT2D eigenvalue weighted by Crippen LogP contribution is -2.28. The Kier molecular flexibility index (Phi) is 2.32. The van der Waals surface area contributed by atoms with Gasteiger partial charge in [0.05, 0.1) is 0 Å². The van der Waals surface area contributed by atoms with E-state index < -0.39 is 0 Å². The second-order valence-electron chi connectivity index (χ2n) is 5.14. The number of rotatable bonds is 1. The Labute approximate surface area is 96.3 Å². The summed E-state index contributed by atoms with van der Waals surface area (Å²) in [5, 5.41) is 0. The van der Waals surface area contributed by atoms with Crippen LogP contribution in [-0.4, -0.2) is 48.1 Å². The van der Waals surface area contributed by atoms with Gasteiger partial charge in [0.25, 0.3) is 0 Å². The van der Waals surface area contributed by atoms with Gasteiger partial charge < -0.3 is 9.80 Å². The van der Waals surface area contributed by atoms with Crippen molar-refractivity contribution in [3.63, 3.8) is 0 Å². The summed E-state index contributed by atoms with van der Waals surface area (Å²) in [5.41, 5.74) is 1.05. The van der Waals surface area contributed by atoms with E-state index in [2.05, 4.69) is 26.8 Å². The van der Waals surface area contributed by atoms with Gasteiger partial charge in [0.15, 0.2) is 0 Å². The van der Waals surface area contributed by atoms with Crippen LogP contribution in [0.2, 0.25) is 0 Å². The molecule has 4 nitrogen and oxygen atoms in total. The van der Waals surface area contributed by atoms with Crippen molar-refractivity contribution in [3.8, 4) is 0 Å². The first-order valence-electron chi connectivity index (χ1n) is 5.95. The predicted molar refractivity (Wildman–Crippen MR) is 63.5 cm³/mol. The normalized spacial score (nSPS) is 29.8. The molecule has 2 unspecified atom stereocenters. The number of likely N-dealkylation sites (tertiary alicyclic amines) is 1. The van der Waals surface area contributed by atoms with Crippen molar-refractivity contribution >= 4 is 5.95 Å². The van der Waals surface area contributed by atoms with Crippen LogP contribution in [0, 0.1) is 18.8 Å². The molecule has 0 aromatic carbocycles. The highest BCUT2D eigenvalue weighted by Gasteiger charge is 2.39. The minimum Gasteiger partial charge on any atom is -0.340 e. The first-order chi connectivity index (χ1) is 7.72. The Morgan fingerprint density at radius 2 is 1.88 bits per heavy atom. The average molecular weight is 218 g/mol. The maximum absolute atomic E-state index is 4.50. The molecule has 2 saturated heterocycles. The molecule has 1 aromatic rings. The standard InChI is InChI=1S/C12H18N4/c1-9-3-4-13-12(14-9)16-7-10-5-15(2)6-11(10)8-16/h3-4,10-11H,5-8H2,1-2H3. The predicted octanol–water partition coefficient (Wildman–Crippen LogP) is 0.783. The van der Waals surface area contributed by atoms with Crippen LogP contribution in [0.3, 0.4) is 0 Å². The highest BCUT2D eigenvalue weighted by Crippen LogP contribution is 2.31. The molecule has 2 fully saturated rings. The molecule has 3 heterocycles. The molecule has 16 heavy (non-hydrogen) atoms. The topological polar surface area (TPSA) is 32.3 Å². The number of aromatic nitrogens is 2. The molecule has 0 bridgehead atoms. The van der Waals surface area contributed by atoms with Gasteiger partial charge in [-0.2, -0.15) is 0 Å². The van der Waals surface area contributed by atoms with Gasteiger partial charge in [-0.3, -0.25) is 0 Å². The van der Waals surface area contributed by atoms with E-state index in [1.165, 1.54) is 13.1 Å². The summed E-state index contributed by atoms with van der Waals surface area (Å²) in [6.07, 6.45) is 1.86. The molecule has 2 aliphatic heterocycles. The Bertz CT molecular complexity index is 378. The lowest BCUT2D eigenvalue weighted by Gasteiger charge is -2.19. The molecule has 86 valence electrons. The molecule has 0 saturated carbocycles. The van der Waals surface area contributed by atoms with Gasteiger partial charge in [-0.25, -0.2) is 9.97 Å². The van der Waals surface area contributed by atoms with Crippen LogP contribution in [0.1, 0.15) is 5.69 Å². The third-order valence-electron chi connectivity index (χ3n) is 3.73. The highest BCUT2D eigenvalue weighted by atomic mass is 15.3. The minimum atomic E-state index is 0.814. The fraction of sp³-hybridized carbons (Fsp3) is 0.667. The summed E-state index contributed by atoms with van der Waals surface area (Å²) in [5.74, 6) is 2.54. The second kappa shape index (κ2) is 3.70. The first-order valence-corrected chi connectivity index (χ1v) is 5.95. The third kappa shape index (κ3) is 1.67. The van der Waals surface area contributed by atoms with Crippen LogP contribution in [-0.2, 0) is 0 Å². The highest BCUT2D eigenvalue weighted by molar-refractivity contribution is 5.33. The summed E-state index contributed by atoms with van der Waals surface area (Å²) >= 11 is 0. The van der Waals surface area contributed by atoms with Crippen molar-refractivity contribution in [2.75, 3.05) is 38.1 Å². The zero-order chi connectivity index (χ0) is 11.1. The Hall–Kier alpha value is -1.16. The van der Waals surface area contributed by atoms with E-state index in [0.29, 0.717) is 0 Å². The van der Waals surface area contributed by atoms with Crippen molar-refractivity contribution in [3.05, 3.63) is 18.0 Å². The minimum absolute atomic E-state index is 0.814. The first kappa shape index (κ1) is 10.0. The lowest BCUT2D eigenvalue weighted by molar-refractivity contribution is 0.386. The molecule has 0 amide bonds. The van der Waals surface area contributed by atoms with Crippen LogP contribution in [0.5, 0.6) is 0 Å². The molecular formula is C12H18N4. The zero-order valence-corrected chi connectivity index (χ0v) is 9.93. The van der Waals surface area contributed by atoms with Crippen molar-refractivity contribution in [1.82, 2.24) is 14.9 Å². The van der Waals surface area contributed by atoms with E-state index in [-0.39, 0.29) is 0 Å². The van der Waals surface area contributed by atoms with Gasteiger partial charge in [-0.1, -0.05) is 0 Å². The monoisotopic (exact) mass is 218 g/mol. The van der Waals surface area contributed by atoms with E-state index in [0.717, 1.165) is 36.6 Å². The smallest absolute Gasteiger partial charge is 0.225 e. The van der Waals surface area contributed by atoms with Crippen LogP contribution in [0.15, 0.2) is 12.3 Å². The van der Waals surface area contributed by atoms with Gasteiger partial charge in [-0.15, -0.1) is 0 Å². The van der Waals surface area contributed by atoms with E-state index in [9.17, 15) is 0 Å². The molecule has 0 radical (unpaired) electrons. The molecule has 0 N–H and O–H groups in total. The van der Waals surface area contributed by atoms with Crippen LogP contribution in [0.25, 0.3) is 0 Å². The lowest BCUT2D eigenvalue weighted by atomic mass is 10.0. The molecular weight excluding hydrogens is 200 g/mol. The van der Waals surface area contributed by atoms with Crippen LogP contribution >= 0.6 is 0 Å². The van der Waals surface area contributed by atoms with Crippen LogP contribution < -0.4 is 4.90 Å². The number of fused-ring (bicyclic) bond motifs is 1. The molecule has 2 aliphatic rings. The average Bonchev–Trinajstić information content (AvgIpc) is 2.74. The van der Waals surface area contributed by atoms with E-state index in [4.69, 9.17) is 0 Å². The number of aryl methyl sites for hydroxylation is 1. The number of anilines is 1. The fourth-order valence-corrected chi connectivity index (χ4v) is 2.98.